The molecule has 0 radical (unpaired) electrons. The molecule has 0 saturated carbocycles. The maximum atomic E-state index is 11.0. The van der Waals surface area contributed by atoms with E-state index < -0.39 is 28.0 Å². The Morgan fingerprint density at radius 3 is 0.843 bits per heavy atom. The van der Waals surface area contributed by atoms with Crippen LogP contribution in [0.2, 0.25) is 0 Å². The van der Waals surface area contributed by atoms with Crippen molar-refractivity contribution in [3.05, 3.63) is 120 Å². The van der Waals surface area contributed by atoms with Crippen LogP contribution >= 0.6 is 0 Å². The number of β-amino-alcohol motifs (C(OH)–C–C–N with tert-alkyl or cyclic N) is 3. The van der Waals surface area contributed by atoms with Gasteiger partial charge in [0.2, 0.25) is 0 Å². The van der Waals surface area contributed by atoms with Gasteiger partial charge < -0.3 is 74.2 Å². The molecule has 5 aromatic rings. The molecule has 22 nitrogen and oxygen atoms in total. The van der Waals surface area contributed by atoms with E-state index in [-0.39, 0.29) is 0 Å². The number of nitrogens with zero attached hydrogens (tertiary/aromatic N) is 15. The Bertz CT molecular complexity index is 3320. The van der Waals surface area contributed by atoms with Gasteiger partial charge in [0.25, 0.3) is 0 Å². The zero-order valence-corrected chi connectivity index (χ0v) is 69.0. The Morgan fingerprint density at radius 2 is 0.602 bits per heavy atom. The van der Waals surface area contributed by atoms with Crippen molar-refractivity contribution < 1.29 is 35.0 Å². The van der Waals surface area contributed by atoms with Gasteiger partial charge in [-0.2, -0.15) is 0 Å². The average molecular weight is 1500 g/mol. The minimum Gasteiger partial charge on any atom is -0.388 e. The lowest BCUT2D eigenvalue weighted by Crippen LogP contribution is -2.54. The minimum absolute atomic E-state index is 0.422. The predicted molar refractivity (Wildman–Crippen MR) is 441 cm³/mol. The second kappa shape index (κ2) is 40.6. The average Bonchev–Trinajstić information content (AvgIpc) is 0.944. The molecule has 8 aliphatic heterocycles. The van der Waals surface area contributed by atoms with Crippen LogP contribution in [-0.4, -0.2) is 295 Å². The standard InChI is InChI=1S/C19H32N4O.C18H29N3O2.C18H29N3O.C16H27N3O.C15H24N2O2/c1-16(2)18-5-4-17(14-20-18)23-8-6-19(24,7-9-23)15-22-12-10-21(3)11-13-22;1-15(2)17-4-3-16(13-19-17)21-7-5-18(22,6-8-21)14-20-9-11-23-12-10-20;1-15(2)17-6-5-16(13-19-17)21-11-7-18(22,8-12-21)14-20-9-3-4-10-20;1-13(2)15-6-5-14(11-17-15)19-9-7-16(20,8-10-19)12-18(3)4;1-12(2)14-5-4-13(10-16-14)17-8-6-15(18,7-9-17)11-19-3/h4-5,14,16,24H,6-13,15H2,1-3H3;3-4,13,15,22H,5-12,14H2,1-2H3;5-6,13,15,22H,3-4,7-12,14H2,1-2H3;5-6,11,13,20H,7-10,12H2,1-4H3;4-5,10,12,18H,6-9,11H2,1-3H3. The van der Waals surface area contributed by atoms with E-state index in [1.807, 2.05) is 45.1 Å². The van der Waals surface area contributed by atoms with Crippen LogP contribution in [0.15, 0.2) is 91.6 Å². The molecule has 0 spiro atoms. The molecule has 8 aliphatic rings. The van der Waals surface area contributed by atoms with Crippen LogP contribution in [0.1, 0.15) is 204 Å². The van der Waals surface area contributed by atoms with Crippen LogP contribution in [0, 0.1) is 0 Å². The zero-order chi connectivity index (χ0) is 77.7. The maximum Gasteiger partial charge on any atom is 0.0913 e. The number of piperidine rings is 5. The summed E-state index contributed by atoms with van der Waals surface area (Å²) in [6.45, 7) is 44.3. The van der Waals surface area contributed by atoms with E-state index in [0.717, 1.165) is 256 Å². The zero-order valence-electron chi connectivity index (χ0n) is 69.0. The van der Waals surface area contributed by atoms with E-state index in [0.29, 0.717) is 36.2 Å². The minimum atomic E-state index is -0.656. The number of rotatable bonds is 20. The third kappa shape index (κ3) is 26.5. The van der Waals surface area contributed by atoms with Gasteiger partial charge in [0.05, 0.1) is 107 Å². The number of hydrogen-bond donors (Lipinski definition) is 5. The smallest absolute Gasteiger partial charge is 0.0913 e. The van der Waals surface area contributed by atoms with Gasteiger partial charge in [0.1, 0.15) is 0 Å². The lowest BCUT2D eigenvalue weighted by Gasteiger charge is -2.43. The van der Waals surface area contributed by atoms with E-state index in [2.05, 4.69) is 211 Å². The SMILES string of the molecule is CC(C)c1ccc(N2CCC(O)(CN(C)C)CC2)cn1.CC(C)c1ccc(N2CCC(O)(CN3CCCC3)CC2)cn1.CC(C)c1ccc(N2CCC(O)(CN3CCN(C)CC3)CC2)cn1.CC(C)c1ccc(N2CCC(O)(CN3CCOCC3)CC2)cn1.COCC1(O)CCN(c2ccc(C(C)C)nc2)CC1. The quantitative estimate of drug-likeness (QED) is 0.0490. The molecule has 5 aromatic heterocycles. The molecule has 8 saturated heterocycles. The van der Waals surface area contributed by atoms with E-state index >= 15 is 0 Å². The molecule has 5 N–H and O–H groups in total. The number of pyridine rings is 5. The van der Waals surface area contributed by atoms with Crippen molar-refractivity contribution in [1.82, 2.24) is 49.4 Å². The number of ether oxygens (including phenoxy) is 2. The summed E-state index contributed by atoms with van der Waals surface area (Å²) in [4.78, 5) is 46.0. The molecule has 0 aliphatic carbocycles. The molecule has 602 valence electrons. The number of aliphatic hydroxyl groups is 5. The van der Waals surface area contributed by atoms with Crippen LogP contribution < -0.4 is 24.5 Å². The Kier molecular flexibility index (Phi) is 32.5. The summed E-state index contributed by atoms with van der Waals surface area (Å²) in [7, 11) is 7.83. The normalized spacial score (nSPS) is 21.3. The number of anilines is 5. The second-order valence-corrected chi connectivity index (χ2v) is 34.7. The van der Waals surface area contributed by atoms with Crippen LogP contribution in [0.5, 0.6) is 0 Å². The molecular formula is C86H141N15O7. The highest BCUT2D eigenvalue weighted by Gasteiger charge is 2.39. The summed E-state index contributed by atoms with van der Waals surface area (Å²) < 4.78 is 10.5. The Hall–Kier alpha value is -5.73. The van der Waals surface area contributed by atoms with Crippen molar-refractivity contribution >= 4 is 28.4 Å². The van der Waals surface area contributed by atoms with Crippen molar-refractivity contribution in [2.45, 2.75) is 204 Å². The highest BCUT2D eigenvalue weighted by atomic mass is 16.5. The molecule has 13 heterocycles. The van der Waals surface area contributed by atoms with E-state index in [9.17, 15) is 25.5 Å². The summed E-state index contributed by atoms with van der Waals surface area (Å²) in [6.07, 6.45) is 20.6. The number of likely N-dealkylation sites (N-methyl/N-ethyl adjacent to an activating group) is 2. The number of hydrogen-bond acceptors (Lipinski definition) is 22. The van der Waals surface area contributed by atoms with E-state index in [1.54, 1.807) is 7.11 Å². The molecule has 108 heavy (non-hydrogen) atoms. The summed E-state index contributed by atoms with van der Waals surface area (Å²) in [5, 5.41) is 53.5. The molecule has 22 heteroatoms. The van der Waals surface area contributed by atoms with Crippen molar-refractivity contribution in [2.24, 2.45) is 0 Å². The predicted octanol–water partition coefficient (Wildman–Crippen LogP) is 10.6. The molecule has 0 atom stereocenters. The lowest BCUT2D eigenvalue weighted by atomic mass is 9.90. The third-order valence-corrected chi connectivity index (χ3v) is 23.6. The van der Waals surface area contributed by atoms with Gasteiger partial charge in [-0.3, -0.25) is 34.7 Å². The molecule has 0 bridgehead atoms. The fourth-order valence-electron chi connectivity index (χ4n) is 16.1. The van der Waals surface area contributed by atoms with Gasteiger partial charge in [0, 0.05) is 166 Å². The van der Waals surface area contributed by atoms with E-state index in [4.69, 9.17) is 9.47 Å². The van der Waals surface area contributed by atoms with Gasteiger partial charge >= 0.3 is 0 Å². The van der Waals surface area contributed by atoms with Crippen LogP contribution in [0.3, 0.4) is 0 Å². The molecule has 0 unspecified atom stereocenters. The van der Waals surface area contributed by atoms with E-state index in [1.165, 1.54) is 35.6 Å². The van der Waals surface area contributed by atoms with Gasteiger partial charge in [-0.15, -0.1) is 0 Å². The lowest BCUT2D eigenvalue weighted by molar-refractivity contribution is -0.0472. The van der Waals surface area contributed by atoms with Crippen LogP contribution in [0.4, 0.5) is 28.4 Å². The van der Waals surface area contributed by atoms with Crippen LogP contribution in [-0.2, 0) is 9.47 Å². The van der Waals surface area contributed by atoms with Gasteiger partial charge in [-0.25, -0.2) is 0 Å². The van der Waals surface area contributed by atoms with Gasteiger partial charge in [-0.05, 0) is 202 Å². The van der Waals surface area contributed by atoms with Crippen molar-refractivity contribution in [3.8, 4) is 0 Å². The Balaban J connectivity index is 0.000000156. The monoisotopic (exact) mass is 1500 g/mol. The molecule has 13 rings (SSSR count). The summed E-state index contributed by atoms with van der Waals surface area (Å²) in [5.74, 6) is 2.33. The number of aromatic nitrogens is 5. The number of methoxy groups -OCH3 is 1. The van der Waals surface area contributed by atoms with Crippen molar-refractivity contribution in [3.63, 3.8) is 0 Å². The third-order valence-electron chi connectivity index (χ3n) is 23.6. The summed E-state index contributed by atoms with van der Waals surface area (Å²) in [5.41, 5.74) is 8.75. The summed E-state index contributed by atoms with van der Waals surface area (Å²) in [6, 6.07) is 21.4. The fourth-order valence-corrected chi connectivity index (χ4v) is 16.1. The number of morpholine rings is 1. The van der Waals surface area contributed by atoms with Crippen LogP contribution in [0.25, 0.3) is 0 Å². The number of likely N-dealkylation sites (tertiary alicyclic amines) is 1. The maximum absolute atomic E-state index is 11.0. The number of piperazine rings is 1. The van der Waals surface area contributed by atoms with Crippen molar-refractivity contribution in [1.29, 1.82) is 0 Å². The van der Waals surface area contributed by atoms with Gasteiger partial charge in [0.15, 0.2) is 0 Å². The summed E-state index contributed by atoms with van der Waals surface area (Å²) >= 11 is 0. The largest absolute Gasteiger partial charge is 0.388 e. The Morgan fingerprint density at radius 1 is 0.352 bits per heavy atom. The topological polar surface area (TPSA) is 216 Å². The molecule has 0 amide bonds. The first-order chi connectivity index (χ1) is 51.5. The Labute approximate surface area is 650 Å². The molecule has 0 aromatic carbocycles. The fraction of sp³-hybridized carbons (Fsp3) is 0.709. The highest BCUT2D eigenvalue weighted by Crippen LogP contribution is 2.34. The second-order valence-electron chi connectivity index (χ2n) is 34.7. The van der Waals surface area contributed by atoms with Gasteiger partial charge in [-0.1, -0.05) is 69.2 Å². The highest BCUT2D eigenvalue weighted by molar-refractivity contribution is 5.49. The molecular weight excluding hydrogens is 1360 g/mol. The first-order valence-corrected chi connectivity index (χ1v) is 41.2. The van der Waals surface area contributed by atoms with Crippen molar-refractivity contribution in [2.75, 3.05) is 217 Å². The molecule has 8 fully saturated rings. The first kappa shape index (κ1) is 86.3. The first-order valence-electron chi connectivity index (χ1n) is 41.2.